The van der Waals surface area contributed by atoms with Gasteiger partial charge in [0.1, 0.15) is 0 Å². The highest BCUT2D eigenvalue weighted by Gasteiger charge is 2.18. The molecule has 3 rings (SSSR count). The third-order valence-electron chi connectivity index (χ3n) is 4.21. The second kappa shape index (κ2) is 7.47. The van der Waals surface area contributed by atoms with Crippen LogP contribution < -0.4 is 14.8 Å². The Labute approximate surface area is 152 Å². The Morgan fingerprint density at radius 2 is 1.88 bits per heavy atom. The number of carbonyl (C=O) groups is 2. The van der Waals surface area contributed by atoms with Crippen molar-refractivity contribution in [2.45, 2.75) is 26.8 Å². The van der Waals surface area contributed by atoms with Gasteiger partial charge in [-0.15, -0.1) is 0 Å². The van der Waals surface area contributed by atoms with Crippen molar-refractivity contribution in [1.29, 1.82) is 0 Å². The van der Waals surface area contributed by atoms with Crippen LogP contribution in [0.25, 0.3) is 0 Å². The van der Waals surface area contributed by atoms with Crippen LogP contribution in [-0.2, 0) is 9.53 Å². The summed E-state index contributed by atoms with van der Waals surface area (Å²) in [5, 5.41) is 2.81. The van der Waals surface area contributed by atoms with Crippen LogP contribution in [0.15, 0.2) is 36.4 Å². The van der Waals surface area contributed by atoms with Gasteiger partial charge in [-0.1, -0.05) is 23.8 Å². The third-order valence-corrected chi connectivity index (χ3v) is 4.21. The van der Waals surface area contributed by atoms with E-state index in [1.807, 2.05) is 45.0 Å². The Bertz CT molecular complexity index is 846. The van der Waals surface area contributed by atoms with Gasteiger partial charge < -0.3 is 19.5 Å². The molecule has 2 aromatic rings. The van der Waals surface area contributed by atoms with E-state index in [2.05, 4.69) is 5.32 Å². The van der Waals surface area contributed by atoms with Gasteiger partial charge in [-0.05, 0) is 50.1 Å². The molecule has 0 saturated heterocycles. The number of hydrogen-bond donors (Lipinski definition) is 1. The summed E-state index contributed by atoms with van der Waals surface area (Å²) in [6.45, 7) is 5.51. The van der Waals surface area contributed by atoms with Crippen molar-refractivity contribution in [2.75, 3.05) is 13.4 Å². The Morgan fingerprint density at radius 3 is 2.65 bits per heavy atom. The minimum absolute atomic E-state index is 0.202. The maximum atomic E-state index is 12.1. The number of hydrogen-bond acceptors (Lipinski definition) is 5. The van der Waals surface area contributed by atoms with Crippen LogP contribution >= 0.6 is 0 Å². The van der Waals surface area contributed by atoms with E-state index >= 15 is 0 Å². The second-order valence-electron chi connectivity index (χ2n) is 6.30. The second-order valence-corrected chi connectivity index (χ2v) is 6.30. The molecule has 26 heavy (non-hydrogen) atoms. The van der Waals surface area contributed by atoms with Crippen molar-refractivity contribution >= 4 is 11.9 Å². The first-order valence-corrected chi connectivity index (χ1v) is 8.37. The fourth-order valence-electron chi connectivity index (χ4n) is 2.80. The van der Waals surface area contributed by atoms with Gasteiger partial charge in [0.05, 0.1) is 11.6 Å². The molecule has 1 aliphatic rings. The van der Waals surface area contributed by atoms with Gasteiger partial charge in [-0.3, -0.25) is 4.79 Å². The highest BCUT2D eigenvalue weighted by atomic mass is 16.7. The van der Waals surface area contributed by atoms with Crippen LogP contribution in [0.1, 0.15) is 40.0 Å². The van der Waals surface area contributed by atoms with E-state index in [-0.39, 0.29) is 25.3 Å². The molecule has 1 aliphatic heterocycles. The SMILES string of the molecule is Cc1ccc(C(=O)OCC(=O)N[C@@H](C)c2ccc3c(c2)OCO3)c(C)c1. The molecule has 0 radical (unpaired) electrons. The average Bonchev–Trinajstić information content (AvgIpc) is 3.07. The molecule has 0 aromatic heterocycles. The summed E-state index contributed by atoms with van der Waals surface area (Å²) in [4.78, 5) is 24.2. The van der Waals surface area contributed by atoms with Gasteiger partial charge in [-0.2, -0.15) is 0 Å². The van der Waals surface area contributed by atoms with E-state index in [1.165, 1.54) is 0 Å². The normalized spacial score (nSPS) is 13.2. The van der Waals surface area contributed by atoms with Crippen LogP contribution in [-0.4, -0.2) is 25.3 Å². The lowest BCUT2D eigenvalue weighted by molar-refractivity contribution is -0.124. The highest BCUT2D eigenvalue weighted by Crippen LogP contribution is 2.34. The number of fused-ring (bicyclic) bond motifs is 1. The molecule has 6 heteroatoms. The smallest absolute Gasteiger partial charge is 0.338 e. The van der Waals surface area contributed by atoms with Crippen LogP contribution in [0.4, 0.5) is 0 Å². The standard InChI is InChI=1S/C20H21NO5/c1-12-4-6-16(13(2)8-12)20(23)24-10-19(22)21-14(3)15-5-7-17-18(9-15)26-11-25-17/h4-9,14H,10-11H2,1-3H3,(H,21,22)/t14-/m0/s1. The molecule has 0 aliphatic carbocycles. The number of amides is 1. The largest absolute Gasteiger partial charge is 0.454 e. The Morgan fingerprint density at radius 1 is 1.12 bits per heavy atom. The van der Waals surface area contributed by atoms with Crippen LogP contribution in [0.2, 0.25) is 0 Å². The molecular formula is C20H21NO5. The Hall–Kier alpha value is -3.02. The number of carbonyl (C=O) groups excluding carboxylic acids is 2. The van der Waals surface area contributed by atoms with Gasteiger partial charge in [0.15, 0.2) is 18.1 Å². The first kappa shape index (κ1) is 17.8. The van der Waals surface area contributed by atoms with Crippen molar-refractivity contribution in [3.8, 4) is 11.5 Å². The van der Waals surface area contributed by atoms with E-state index in [9.17, 15) is 9.59 Å². The molecule has 0 saturated carbocycles. The Balaban J connectivity index is 1.54. The molecule has 0 spiro atoms. The number of benzene rings is 2. The molecule has 136 valence electrons. The molecule has 1 heterocycles. The van der Waals surface area contributed by atoms with Crippen molar-refractivity contribution in [1.82, 2.24) is 5.32 Å². The minimum Gasteiger partial charge on any atom is -0.454 e. The maximum Gasteiger partial charge on any atom is 0.338 e. The first-order valence-electron chi connectivity index (χ1n) is 8.37. The van der Waals surface area contributed by atoms with Crippen molar-refractivity contribution in [3.05, 3.63) is 58.7 Å². The van der Waals surface area contributed by atoms with Crippen molar-refractivity contribution in [3.63, 3.8) is 0 Å². The summed E-state index contributed by atoms with van der Waals surface area (Å²) >= 11 is 0. The quantitative estimate of drug-likeness (QED) is 0.835. The predicted molar refractivity (Wildman–Crippen MR) is 95.3 cm³/mol. The molecule has 1 amide bonds. The zero-order chi connectivity index (χ0) is 18.7. The molecule has 6 nitrogen and oxygen atoms in total. The van der Waals surface area contributed by atoms with Gasteiger partial charge in [0, 0.05) is 0 Å². The van der Waals surface area contributed by atoms with Gasteiger partial charge in [0.2, 0.25) is 6.79 Å². The van der Waals surface area contributed by atoms with Crippen LogP contribution in [0, 0.1) is 13.8 Å². The van der Waals surface area contributed by atoms with Gasteiger partial charge in [0.25, 0.3) is 5.91 Å². The lowest BCUT2D eigenvalue weighted by atomic mass is 10.1. The van der Waals surface area contributed by atoms with Gasteiger partial charge >= 0.3 is 5.97 Å². The van der Waals surface area contributed by atoms with E-state index in [1.54, 1.807) is 12.1 Å². The number of aryl methyl sites for hydroxylation is 2. The molecule has 0 unspecified atom stereocenters. The molecule has 0 fully saturated rings. The summed E-state index contributed by atoms with van der Waals surface area (Å²) in [5.74, 6) is 0.473. The predicted octanol–water partition coefficient (Wildman–Crippen LogP) is 3.07. The number of nitrogens with one attached hydrogen (secondary N) is 1. The summed E-state index contributed by atoms with van der Waals surface area (Å²) in [6, 6.07) is 10.7. The summed E-state index contributed by atoms with van der Waals surface area (Å²) in [7, 11) is 0. The highest BCUT2D eigenvalue weighted by molar-refractivity contribution is 5.92. The topological polar surface area (TPSA) is 73.9 Å². The number of ether oxygens (including phenoxy) is 3. The molecular weight excluding hydrogens is 334 g/mol. The molecule has 1 N–H and O–H groups in total. The molecule has 2 aromatic carbocycles. The average molecular weight is 355 g/mol. The number of rotatable bonds is 5. The lowest BCUT2D eigenvalue weighted by Crippen LogP contribution is -2.31. The molecule has 1 atom stereocenters. The van der Waals surface area contributed by atoms with Crippen LogP contribution in [0.3, 0.4) is 0 Å². The van der Waals surface area contributed by atoms with E-state index in [0.29, 0.717) is 17.1 Å². The fraction of sp³-hybridized carbons (Fsp3) is 0.300. The lowest BCUT2D eigenvalue weighted by Gasteiger charge is -2.15. The van der Waals surface area contributed by atoms with E-state index in [4.69, 9.17) is 14.2 Å². The first-order chi connectivity index (χ1) is 12.4. The summed E-state index contributed by atoms with van der Waals surface area (Å²) < 4.78 is 15.7. The van der Waals surface area contributed by atoms with Crippen LogP contribution in [0.5, 0.6) is 11.5 Å². The fourth-order valence-corrected chi connectivity index (χ4v) is 2.80. The zero-order valence-electron chi connectivity index (χ0n) is 15.0. The van der Waals surface area contributed by atoms with Crippen molar-refractivity contribution < 1.29 is 23.8 Å². The van der Waals surface area contributed by atoms with Gasteiger partial charge in [-0.25, -0.2) is 4.79 Å². The summed E-state index contributed by atoms with van der Waals surface area (Å²) in [6.07, 6.45) is 0. The Kier molecular flexibility index (Phi) is 5.11. The van der Waals surface area contributed by atoms with Crippen molar-refractivity contribution in [2.24, 2.45) is 0 Å². The van der Waals surface area contributed by atoms with E-state index in [0.717, 1.165) is 16.7 Å². The maximum absolute atomic E-state index is 12.1. The number of esters is 1. The zero-order valence-corrected chi connectivity index (χ0v) is 15.0. The monoisotopic (exact) mass is 355 g/mol. The third kappa shape index (κ3) is 3.96. The molecule has 0 bridgehead atoms. The van der Waals surface area contributed by atoms with E-state index < -0.39 is 5.97 Å². The minimum atomic E-state index is -0.506. The summed E-state index contributed by atoms with van der Waals surface area (Å²) in [5.41, 5.74) is 3.23.